The van der Waals surface area contributed by atoms with Gasteiger partial charge < -0.3 is 0 Å². The molecule has 0 aliphatic carbocycles. The molecule has 2 aromatic rings. The summed E-state index contributed by atoms with van der Waals surface area (Å²) in [5.74, 6) is 0.526. The first kappa shape index (κ1) is 10.4. The molecule has 0 aliphatic rings. The monoisotopic (exact) mass is 221 g/mol. The summed E-state index contributed by atoms with van der Waals surface area (Å²) in [6, 6.07) is 2.18. The van der Waals surface area contributed by atoms with Gasteiger partial charge >= 0.3 is 0 Å². The summed E-state index contributed by atoms with van der Waals surface area (Å²) in [4.78, 5) is 0. The van der Waals surface area contributed by atoms with Crippen LogP contribution >= 0.6 is 11.3 Å². The van der Waals surface area contributed by atoms with Crippen molar-refractivity contribution in [2.24, 2.45) is 0 Å². The van der Waals surface area contributed by atoms with Gasteiger partial charge in [0.1, 0.15) is 0 Å². The molecule has 1 unspecified atom stereocenters. The molecule has 0 amide bonds. The lowest BCUT2D eigenvalue weighted by atomic mass is 10.00. The zero-order valence-corrected chi connectivity index (χ0v) is 9.87. The average Bonchev–Trinajstić information content (AvgIpc) is 2.87. The quantitative estimate of drug-likeness (QED) is 0.794. The third-order valence-electron chi connectivity index (χ3n) is 2.54. The van der Waals surface area contributed by atoms with Crippen molar-refractivity contribution in [3.8, 4) is 0 Å². The number of rotatable bonds is 4. The maximum absolute atomic E-state index is 4.15. The molecule has 1 atom stereocenters. The lowest BCUT2D eigenvalue weighted by molar-refractivity contribution is 0.626. The second kappa shape index (κ2) is 4.57. The van der Waals surface area contributed by atoms with Gasteiger partial charge in [-0.05, 0) is 41.7 Å². The predicted molar refractivity (Wildman–Crippen MR) is 62.1 cm³/mol. The molecule has 2 aromatic heterocycles. The van der Waals surface area contributed by atoms with Crippen molar-refractivity contribution in [3.05, 3.63) is 34.3 Å². The highest BCUT2D eigenvalue weighted by molar-refractivity contribution is 7.07. The molecule has 0 spiro atoms. The van der Waals surface area contributed by atoms with Crippen LogP contribution in [-0.2, 0) is 13.0 Å². The first-order valence-electron chi connectivity index (χ1n) is 5.20. The molecule has 2 heterocycles. The summed E-state index contributed by atoms with van der Waals surface area (Å²) in [6.07, 6.45) is 3.00. The second-order valence-electron chi connectivity index (χ2n) is 3.73. The molecule has 80 valence electrons. The van der Waals surface area contributed by atoms with Crippen LogP contribution in [-0.4, -0.2) is 15.0 Å². The highest BCUT2D eigenvalue weighted by atomic mass is 32.1. The van der Waals surface area contributed by atoms with Crippen LogP contribution in [0.2, 0.25) is 0 Å². The Morgan fingerprint density at radius 1 is 1.53 bits per heavy atom. The molecule has 0 aromatic carbocycles. The summed E-state index contributed by atoms with van der Waals surface area (Å²) < 4.78 is 1.87. The normalized spacial score (nSPS) is 12.9. The van der Waals surface area contributed by atoms with E-state index in [2.05, 4.69) is 41.0 Å². The fourth-order valence-corrected chi connectivity index (χ4v) is 2.36. The second-order valence-corrected chi connectivity index (χ2v) is 4.51. The van der Waals surface area contributed by atoms with Crippen molar-refractivity contribution in [1.82, 2.24) is 15.0 Å². The van der Waals surface area contributed by atoms with Crippen LogP contribution in [0.5, 0.6) is 0 Å². The highest BCUT2D eigenvalue weighted by Crippen LogP contribution is 2.21. The summed E-state index contributed by atoms with van der Waals surface area (Å²) in [7, 11) is 0. The van der Waals surface area contributed by atoms with Gasteiger partial charge in [-0.2, -0.15) is 11.3 Å². The Balaban J connectivity index is 2.02. The Kier molecular flexibility index (Phi) is 3.16. The zero-order chi connectivity index (χ0) is 10.7. The standard InChI is InChI=1S/C11H15N3S/c1-3-14-7-11(12-13-14)6-9(2)10-4-5-15-8-10/h4-5,7-9H,3,6H2,1-2H3. The zero-order valence-electron chi connectivity index (χ0n) is 9.05. The van der Waals surface area contributed by atoms with Crippen molar-refractivity contribution in [2.75, 3.05) is 0 Å². The molecule has 3 nitrogen and oxygen atoms in total. The van der Waals surface area contributed by atoms with Gasteiger partial charge in [0, 0.05) is 12.7 Å². The number of nitrogens with zero attached hydrogens (tertiary/aromatic N) is 3. The molecule has 15 heavy (non-hydrogen) atoms. The molecule has 0 bridgehead atoms. The van der Waals surface area contributed by atoms with Crippen LogP contribution in [0.15, 0.2) is 23.0 Å². The Hall–Kier alpha value is -1.16. The highest BCUT2D eigenvalue weighted by Gasteiger charge is 2.09. The minimum Gasteiger partial charge on any atom is -0.253 e. The molecule has 0 fully saturated rings. The van der Waals surface area contributed by atoms with E-state index in [-0.39, 0.29) is 0 Å². The maximum Gasteiger partial charge on any atom is 0.0833 e. The maximum atomic E-state index is 4.15. The molecule has 0 saturated heterocycles. The van der Waals surface area contributed by atoms with Crippen LogP contribution in [0, 0.1) is 0 Å². The largest absolute Gasteiger partial charge is 0.253 e. The van der Waals surface area contributed by atoms with Crippen molar-refractivity contribution in [2.45, 2.75) is 32.7 Å². The van der Waals surface area contributed by atoms with E-state index in [0.29, 0.717) is 5.92 Å². The SMILES string of the molecule is CCn1cc(CC(C)c2ccsc2)nn1. The number of hydrogen-bond acceptors (Lipinski definition) is 3. The summed E-state index contributed by atoms with van der Waals surface area (Å²) in [5.41, 5.74) is 2.47. The van der Waals surface area contributed by atoms with Crippen molar-refractivity contribution in [3.63, 3.8) is 0 Å². The topological polar surface area (TPSA) is 30.7 Å². The van der Waals surface area contributed by atoms with E-state index >= 15 is 0 Å². The summed E-state index contributed by atoms with van der Waals surface area (Å²) >= 11 is 1.75. The summed E-state index contributed by atoms with van der Waals surface area (Å²) in [5, 5.41) is 12.5. The smallest absolute Gasteiger partial charge is 0.0833 e. The van der Waals surface area contributed by atoms with E-state index in [9.17, 15) is 0 Å². The first-order valence-corrected chi connectivity index (χ1v) is 6.15. The molecule has 0 radical (unpaired) electrons. The van der Waals surface area contributed by atoms with E-state index in [1.165, 1.54) is 5.56 Å². The van der Waals surface area contributed by atoms with Crippen molar-refractivity contribution < 1.29 is 0 Å². The molecule has 0 N–H and O–H groups in total. The van der Waals surface area contributed by atoms with E-state index < -0.39 is 0 Å². The number of hydrogen-bond donors (Lipinski definition) is 0. The molecule has 0 aliphatic heterocycles. The minimum atomic E-state index is 0.526. The van der Waals surface area contributed by atoms with Crippen LogP contribution in [0.4, 0.5) is 0 Å². The van der Waals surface area contributed by atoms with Gasteiger partial charge in [-0.25, -0.2) is 0 Å². The van der Waals surface area contributed by atoms with E-state index in [1.54, 1.807) is 11.3 Å². The Morgan fingerprint density at radius 3 is 3.00 bits per heavy atom. The lowest BCUT2D eigenvalue weighted by Gasteiger charge is -2.05. The average molecular weight is 221 g/mol. The predicted octanol–water partition coefficient (Wildman–Crippen LogP) is 2.71. The van der Waals surface area contributed by atoms with Crippen molar-refractivity contribution >= 4 is 11.3 Å². The van der Waals surface area contributed by atoms with Gasteiger partial charge in [0.15, 0.2) is 0 Å². The third-order valence-corrected chi connectivity index (χ3v) is 3.24. The van der Waals surface area contributed by atoms with Crippen LogP contribution < -0.4 is 0 Å². The Morgan fingerprint density at radius 2 is 2.40 bits per heavy atom. The van der Waals surface area contributed by atoms with E-state index in [4.69, 9.17) is 0 Å². The minimum absolute atomic E-state index is 0.526. The Labute approximate surface area is 93.7 Å². The van der Waals surface area contributed by atoms with E-state index in [0.717, 1.165) is 18.7 Å². The van der Waals surface area contributed by atoms with Crippen LogP contribution in [0.3, 0.4) is 0 Å². The third kappa shape index (κ3) is 2.45. The fraction of sp³-hybridized carbons (Fsp3) is 0.455. The van der Waals surface area contributed by atoms with Gasteiger partial charge in [0.25, 0.3) is 0 Å². The first-order chi connectivity index (χ1) is 7.29. The summed E-state index contributed by atoms with van der Waals surface area (Å²) in [6.45, 7) is 5.19. The molecule has 4 heteroatoms. The van der Waals surface area contributed by atoms with Crippen molar-refractivity contribution in [1.29, 1.82) is 0 Å². The van der Waals surface area contributed by atoms with Gasteiger partial charge in [0.2, 0.25) is 0 Å². The van der Waals surface area contributed by atoms with Gasteiger partial charge in [-0.15, -0.1) is 5.10 Å². The number of thiophene rings is 1. The van der Waals surface area contributed by atoms with Gasteiger partial charge in [-0.3, -0.25) is 4.68 Å². The molecular weight excluding hydrogens is 206 g/mol. The Bertz CT molecular complexity index is 405. The molecular formula is C11H15N3S. The van der Waals surface area contributed by atoms with Gasteiger partial charge in [0.05, 0.1) is 5.69 Å². The lowest BCUT2D eigenvalue weighted by Crippen LogP contribution is -1.97. The van der Waals surface area contributed by atoms with E-state index in [1.807, 2.05) is 10.9 Å². The molecule has 0 saturated carbocycles. The molecule has 2 rings (SSSR count). The van der Waals surface area contributed by atoms with Gasteiger partial charge in [-0.1, -0.05) is 12.1 Å². The number of aryl methyl sites for hydroxylation is 1. The van der Waals surface area contributed by atoms with Crippen LogP contribution in [0.1, 0.15) is 31.0 Å². The fourth-order valence-electron chi connectivity index (χ4n) is 1.57. The van der Waals surface area contributed by atoms with Crippen LogP contribution in [0.25, 0.3) is 0 Å². The number of aromatic nitrogens is 3.